The Labute approximate surface area is 162 Å². The zero-order valence-corrected chi connectivity index (χ0v) is 16.0. The van der Waals surface area contributed by atoms with Gasteiger partial charge in [0.25, 0.3) is 5.78 Å². The minimum absolute atomic E-state index is 0.112. The number of carbonyl (C=O) groups is 1. The van der Waals surface area contributed by atoms with Crippen LogP contribution in [0.5, 0.6) is 0 Å². The first-order valence-corrected chi connectivity index (χ1v) is 9.22. The van der Waals surface area contributed by atoms with Crippen LogP contribution in [0.25, 0.3) is 5.78 Å². The van der Waals surface area contributed by atoms with Gasteiger partial charge in [0.2, 0.25) is 11.9 Å². The molecule has 0 spiro atoms. The molecule has 3 aromatic rings. The molecule has 0 saturated carbocycles. The summed E-state index contributed by atoms with van der Waals surface area (Å²) in [6.07, 6.45) is 0.200. The zero-order valence-electron chi connectivity index (χ0n) is 16.0. The standard InChI is InChI=1S/C19H23N7O2/c1-12-16(13(2)26-19(21-12)23-18(20)24-26)11-17(27)22-14-3-5-15(6-4-14)25-7-9-28-10-8-25/h3-6H,7-11H2,1-2H3,(H2,20,24)(H,22,27). The second kappa shape index (κ2) is 7.43. The van der Waals surface area contributed by atoms with E-state index in [4.69, 9.17) is 10.5 Å². The van der Waals surface area contributed by atoms with E-state index in [1.165, 1.54) is 0 Å². The highest BCUT2D eigenvalue weighted by Crippen LogP contribution is 2.20. The highest BCUT2D eigenvalue weighted by molar-refractivity contribution is 5.92. The Morgan fingerprint density at radius 1 is 1.18 bits per heavy atom. The molecule has 2 aromatic heterocycles. The van der Waals surface area contributed by atoms with Crippen LogP contribution >= 0.6 is 0 Å². The summed E-state index contributed by atoms with van der Waals surface area (Å²) in [5.41, 5.74) is 9.92. The maximum atomic E-state index is 12.6. The molecule has 1 saturated heterocycles. The fourth-order valence-corrected chi connectivity index (χ4v) is 3.42. The number of nitrogens with one attached hydrogen (secondary N) is 1. The third-order valence-electron chi connectivity index (χ3n) is 4.93. The number of aromatic nitrogens is 4. The van der Waals surface area contributed by atoms with Crippen LogP contribution in [0.1, 0.15) is 17.0 Å². The van der Waals surface area contributed by atoms with E-state index in [1.807, 2.05) is 38.1 Å². The number of aryl methyl sites for hydroxylation is 2. The lowest BCUT2D eigenvalue weighted by atomic mass is 10.1. The van der Waals surface area contributed by atoms with Crippen molar-refractivity contribution in [2.24, 2.45) is 0 Å². The third-order valence-corrected chi connectivity index (χ3v) is 4.93. The van der Waals surface area contributed by atoms with Crippen molar-refractivity contribution < 1.29 is 9.53 Å². The molecule has 3 N–H and O–H groups in total. The van der Waals surface area contributed by atoms with Crippen molar-refractivity contribution in [3.8, 4) is 0 Å². The van der Waals surface area contributed by atoms with Crippen LogP contribution in [0.2, 0.25) is 0 Å². The molecule has 1 amide bonds. The first-order chi connectivity index (χ1) is 13.5. The molecule has 1 fully saturated rings. The molecule has 0 aliphatic carbocycles. The van der Waals surface area contributed by atoms with Gasteiger partial charge in [-0.2, -0.15) is 9.50 Å². The van der Waals surface area contributed by atoms with Crippen molar-refractivity contribution in [2.75, 3.05) is 42.3 Å². The Bertz CT molecular complexity index is 1010. The number of nitrogens with two attached hydrogens (primary N) is 1. The van der Waals surface area contributed by atoms with Crippen LogP contribution in [0.15, 0.2) is 24.3 Å². The Kier molecular flexibility index (Phi) is 4.82. The SMILES string of the molecule is Cc1nc2nc(N)nn2c(C)c1CC(=O)Nc1ccc(N2CCOCC2)cc1. The average Bonchev–Trinajstić information content (AvgIpc) is 3.07. The topological polar surface area (TPSA) is 111 Å². The molecule has 3 heterocycles. The number of nitrogens with zero attached hydrogens (tertiary/aromatic N) is 5. The predicted molar refractivity (Wildman–Crippen MR) is 106 cm³/mol. The number of morpholine rings is 1. The highest BCUT2D eigenvalue weighted by atomic mass is 16.5. The molecule has 4 rings (SSSR count). The Balaban J connectivity index is 1.46. The second-order valence-electron chi connectivity index (χ2n) is 6.81. The van der Waals surface area contributed by atoms with Crippen LogP contribution in [0, 0.1) is 13.8 Å². The van der Waals surface area contributed by atoms with Crippen molar-refractivity contribution in [3.05, 3.63) is 41.2 Å². The normalized spacial score (nSPS) is 14.4. The van der Waals surface area contributed by atoms with Gasteiger partial charge in [-0.3, -0.25) is 4.79 Å². The molecule has 1 aromatic carbocycles. The molecule has 0 radical (unpaired) electrons. The average molecular weight is 381 g/mol. The molecule has 1 aliphatic rings. The van der Waals surface area contributed by atoms with Crippen LogP contribution in [0.3, 0.4) is 0 Å². The molecule has 9 heteroatoms. The number of amides is 1. The number of fused-ring (bicyclic) bond motifs is 1. The van der Waals surface area contributed by atoms with Crippen LogP contribution in [0.4, 0.5) is 17.3 Å². The summed E-state index contributed by atoms with van der Waals surface area (Å²) in [7, 11) is 0. The van der Waals surface area contributed by atoms with Crippen molar-refractivity contribution >= 4 is 29.0 Å². The van der Waals surface area contributed by atoms with Gasteiger partial charge in [0.15, 0.2) is 0 Å². The molecule has 0 atom stereocenters. The maximum Gasteiger partial charge on any atom is 0.254 e. The van der Waals surface area contributed by atoms with E-state index in [1.54, 1.807) is 4.52 Å². The Hall–Kier alpha value is -3.20. The molecule has 1 aliphatic heterocycles. The number of ether oxygens (including phenoxy) is 1. The second-order valence-corrected chi connectivity index (χ2v) is 6.81. The lowest BCUT2D eigenvalue weighted by Gasteiger charge is -2.28. The molecule has 0 bridgehead atoms. The fourth-order valence-electron chi connectivity index (χ4n) is 3.42. The minimum Gasteiger partial charge on any atom is -0.378 e. The summed E-state index contributed by atoms with van der Waals surface area (Å²) in [6, 6.07) is 7.87. The first-order valence-electron chi connectivity index (χ1n) is 9.22. The van der Waals surface area contributed by atoms with Gasteiger partial charge in [0.05, 0.1) is 19.6 Å². The number of benzene rings is 1. The summed E-state index contributed by atoms with van der Waals surface area (Å²) in [5, 5.41) is 7.08. The van der Waals surface area contributed by atoms with Gasteiger partial charge in [0, 0.05) is 41.4 Å². The first kappa shape index (κ1) is 18.2. The van der Waals surface area contributed by atoms with Gasteiger partial charge in [-0.25, -0.2) is 4.98 Å². The number of nitrogen functional groups attached to an aromatic ring is 1. The van der Waals surface area contributed by atoms with Gasteiger partial charge in [-0.15, -0.1) is 5.10 Å². The lowest BCUT2D eigenvalue weighted by molar-refractivity contribution is -0.115. The summed E-state index contributed by atoms with van der Waals surface area (Å²) in [5.74, 6) is 0.492. The number of hydrogen-bond acceptors (Lipinski definition) is 7. The quantitative estimate of drug-likeness (QED) is 0.701. The van der Waals surface area contributed by atoms with Crippen molar-refractivity contribution in [1.29, 1.82) is 0 Å². The van der Waals surface area contributed by atoms with E-state index in [0.29, 0.717) is 5.78 Å². The summed E-state index contributed by atoms with van der Waals surface area (Å²) < 4.78 is 6.95. The van der Waals surface area contributed by atoms with Crippen LogP contribution < -0.4 is 16.0 Å². The smallest absolute Gasteiger partial charge is 0.254 e. The minimum atomic E-state index is -0.112. The van der Waals surface area contributed by atoms with Crippen molar-refractivity contribution in [1.82, 2.24) is 19.6 Å². The fraction of sp³-hybridized carbons (Fsp3) is 0.368. The molecule has 146 valence electrons. The van der Waals surface area contributed by atoms with E-state index < -0.39 is 0 Å². The summed E-state index contributed by atoms with van der Waals surface area (Å²) >= 11 is 0. The molecule has 28 heavy (non-hydrogen) atoms. The van der Waals surface area contributed by atoms with E-state index in [-0.39, 0.29) is 18.3 Å². The lowest BCUT2D eigenvalue weighted by Crippen LogP contribution is -2.36. The maximum absolute atomic E-state index is 12.6. The van der Waals surface area contributed by atoms with Crippen molar-refractivity contribution in [3.63, 3.8) is 0 Å². The third kappa shape index (κ3) is 3.61. The van der Waals surface area contributed by atoms with Crippen LogP contribution in [-0.4, -0.2) is 51.8 Å². The number of carbonyl (C=O) groups excluding carboxylic acids is 1. The molecule has 9 nitrogen and oxygen atoms in total. The van der Waals surface area contributed by atoms with Gasteiger partial charge < -0.3 is 20.7 Å². The zero-order chi connectivity index (χ0) is 19.7. The van der Waals surface area contributed by atoms with E-state index in [9.17, 15) is 4.79 Å². The predicted octanol–water partition coefficient (Wildman–Crippen LogP) is 1.34. The van der Waals surface area contributed by atoms with Gasteiger partial charge >= 0.3 is 0 Å². The number of rotatable bonds is 4. The Morgan fingerprint density at radius 3 is 2.61 bits per heavy atom. The van der Waals surface area contributed by atoms with E-state index in [0.717, 1.165) is 54.6 Å². The van der Waals surface area contributed by atoms with E-state index in [2.05, 4.69) is 25.3 Å². The Morgan fingerprint density at radius 2 is 1.89 bits per heavy atom. The molecular formula is C19H23N7O2. The molecule has 0 unspecified atom stereocenters. The summed E-state index contributed by atoms with van der Waals surface area (Å²) in [6.45, 7) is 6.99. The highest BCUT2D eigenvalue weighted by Gasteiger charge is 2.16. The summed E-state index contributed by atoms with van der Waals surface area (Å²) in [4.78, 5) is 23.3. The van der Waals surface area contributed by atoms with Gasteiger partial charge in [-0.05, 0) is 38.1 Å². The van der Waals surface area contributed by atoms with Crippen molar-refractivity contribution in [2.45, 2.75) is 20.3 Å². The van der Waals surface area contributed by atoms with Crippen LogP contribution in [-0.2, 0) is 16.0 Å². The number of hydrogen-bond donors (Lipinski definition) is 2. The van der Waals surface area contributed by atoms with Gasteiger partial charge in [-0.1, -0.05) is 0 Å². The monoisotopic (exact) mass is 381 g/mol. The number of anilines is 3. The van der Waals surface area contributed by atoms with Gasteiger partial charge in [0.1, 0.15) is 0 Å². The largest absolute Gasteiger partial charge is 0.378 e. The molecular weight excluding hydrogens is 358 g/mol. The van der Waals surface area contributed by atoms with E-state index >= 15 is 0 Å².